The van der Waals surface area contributed by atoms with Crippen molar-refractivity contribution in [1.29, 1.82) is 0 Å². The van der Waals surface area contributed by atoms with Crippen LogP contribution >= 0.6 is 0 Å². The van der Waals surface area contributed by atoms with E-state index in [1.54, 1.807) is 25.5 Å². The van der Waals surface area contributed by atoms with E-state index in [1.165, 1.54) is 4.57 Å². The molecule has 3 heterocycles. The van der Waals surface area contributed by atoms with Crippen molar-refractivity contribution in [3.8, 4) is 0 Å². The molecule has 29 heavy (non-hydrogen) atoms. The van der Waals surface area contributed by atoms with E-state index in [9.17, 15) is 13.6 Å². The molecule has 0 saturated heterocycles. The lowest BCUT2D eigenvalue weighted by molar-refractivity contribution is -0.113. The van der Waals surface area contributed by atoms with Gasteiger partial charge < -0.3 is 14.3 Å². The molecule has 7 nitrogen and oxygen atoms in total. The van der Waals surface area contributed by atoms with Crippen molar-refractivity contribution in [3.05, 3.63) is 46.8 Å². The number of hydrogen-bond acceptors (Lipinski definition) is 5. The van der Waals surface area contributed by atoms with E-state index in [0.717, 1.165) is 22.4 Å². The van der Waals surface area contributed by atoms with Crippen LogP contribution in [0.4, 0.5) is 20.3 Å². The zero-order valence-corrected chi connectivity index (χ0v) is 15.9. The summed E-state index contributed by atoms with van der Waals surface area (Å²) >= 11 is 0. The second kappa shape index (κ2) is 6.13. The smallest absolute Gasteiger partial charge is 0.408 e. The molecule has 0 aliphatic heterocycles. The van der Waals surface area contributed by atoms with Crippen molar-refractivity contribution in [1.82, 2.24) is 19.1 Å². The number of alkyl halides is 2. The summed E-state index contributed by atoms with van der Waals surface area (Å²) in [6.45, 7) is 2.37. The summed E-state index contributed by atoms with van der Waals surface area (Å²) in [5.41, 5.74) is 4.26. The van der Waals surface area contributed by atoms with E-state index >= 15 is 0 Å². The summed E-state index contributed by atoms with van der Waals surface area (Å²) in [7, 11) is 1.65. The average Bonchev–Trinajstić information content (AvgIpc) is 3.15. The Balaban J connectivity index is 1.45. The third-order valence-corrected chi connectivity index (χ3v) is 5.48. The van der Waals surface area contributed by atoms with E-state index < -0.39 is 11.7 Å². The predicted octanol–water partition coefficient (Wildman–Crippen LogP) is 3.97. The molecule has 1 fully saturated rings. The molecule has 0 atom stereocenters. The molecular weight excluding hydrogens is 380 g/mol. The number of nitrogens with one attached hydrogen (secondary N) is 1. The molecule has 1 N–H and O–H groups in total. The number of pyridine rings is 1. The minimum Gasteiger partial charge on any atom is -0.408 e. The summed E-state index contributed by atoms with van der Waals surface area (Å²) in [5.74, 6) is -2.39. The van der Waals surface area contributed by atoms with Crippen LogP contribution in [0.3, 0.4) is 0 Å². The number of rotatable bonds is 4. The highest BCUT2D eigenvalue weighted by atomic mass is 19.3. The number of anilines is 2. The van der Waals surface area contributed by atoms with E-state index in [-0.39, 0.29) is 18.8 Å². The molecule has 0 spiro atoms. The number of oxazole rings is 1. The van der Waals surface area contributed by atoms with Gasteiger partial charge in [0.1, 0.15) is 11.3 Å². The second-order valence-electron chi connectivity index (χ2n) is 7.72. The number of halogens is 2. The highest BCUT2D eigenvalue weighted by Gasteiger charge is 2.45. The summed E-state index contributed by atoms with van der Waals surface area (Å²) in [5, 5.41) is 3.23. The second-order valence-corrected chi connectivity index (χ2v) is 7.72. The van der Waals surface area contributed by atoms with Gasteiger partial charge in [-0.2, -0.15) is 0 Å². The van der Waals surface area contributed by atoms with Crippen molar-refractivity contribution in [3.63, 3.8) is 0 Å². The third-order valence-electron chi connectivity index (χ3n) is 5.48. The molecule has 1 aromatic carbocycles. The Labute approximate surface area is 164 Å². The number of aromatic nitrogens is 4. The fourth-order valence-electron chi connectivity index (χ4n) is 3.98. The van der Waals surface area contributed by atoms with Crippen LogP contribution in [-0.2, 0) is 13.6 Å². The molecule has 0 radical (unpaired) electrons. The van der Waals surface area contributed by atoms with Crippen molar-refractivity contribution >= 4 is 33.6 Å². The molecule has 0 bridgehead atoms. The average molecular weight is 399 g/mol. The lowest BCUT2D eigenvalue weighted by atomic mass is 9.81. The van der Waals surface area contributed by atoms with E-state index in [1.807, 2.05) is 23.6 Å². The van der Waals surface area contributed by atoms with Crippen LogP contribution in [0.1, 0.15) is 18.5 Å². The largest absolute Gasteiger partial charge is 0.419 e. The van der Waals surface area contributed by atoms with Gasteiger partial charge in [0.15, 0.2) is 5.58 Å². The van der Waals surface area contributed by atoms with Gasteiger partial charge in [0.25, 0.3) is 0 Å². The van der Waals surface area contributed by atoms with Gasteiger partial charge in [0.2, 0.25) is 5.92 Å². The normalized spacial score (nSPS) is 16.4. The zero-order chi connectivity index (χ0) is 20.3. The minimum absolute atomic E-state index is 0.0457. The quantitative estimate of drug-likeness (QED) is 0.562. The molecule has 1 aliphatic carbocycles. The van der Waals surface area contributed by atoms with Gasteiger partial charge in [-0.1, -0.05) is 0 Å². The Bertz CT molecular complexity index is 1300. The van der Waals surface area contributed by atoms with Gasteiger partial charge in [-0.25, -0.2) is 23.5 Å². The van der Waals surface area contributed by atoms with Gasteiger partial charge in [-0.15, -0.1) is 0 Å². The predicted molar refractivity (Wildman–Crippen MR) is 105 cm³/mol. The molecule has 1 aliphatic rings. The van der Waals surface area contributed by atoms with Gasteiger partial charge in [0.05, 0.1) is 23.1 Å². The van der Waals surface area contributed by atoms with Crippen molar-refractivity contribution < 1.29 is 13.2 Å². The lowest BCUT2D eigenvalue weighted by Crippen LogP contribution is -2.37. The zero-order valence-electron chi connectivity index (χ0n) is 15.9. The van der Waals surface area contributed by atoms with Crippen LogP contribution in [-0.4, -0.2) is 25.0 Å². The Hall–Kier alpha value is -3.23. The number of nitrogens with zero attached hydrogens (tertiary/aromatic N) is 4. The first kappa shape index (κ1) is 17.8. The molecule has 4 aromatic rings. The van der Waals surface area contributed by atoms with Gasteiger partial charge >= 0.3 is 5.76 Å². The summed E-state index contributed by atoms with van der Waals surface area (Å²) in [4.78, 5) is 20.6. The van der Waals surface area contributed by atoms with Crippen LogP contribution in [0, 0.1) is 12.8 Å². The van der Waals surface area contributed by atoms with Crippen LogP contribution in [0.25, 0.3) is 22.1 Å². The van der Waals surface area contributed by atoms with E-state index in [2.05, 4.69) is 15.3 Å². The van der Waals surface area contributed by atoms with Crippen LogP contribution in [0.2, 0.25) is 0 Å². The summed E-state index contributed by atoms with van der Waals surface area (Å²) in [6, 6.07) is 7.24. The molecule has 3 aromatic heterocycles. The topological polar surface area (TPSA) is 77.9 Å². The van der Waals surface area contributed by atoms with Gasteiger partial charge in [-0.3, -0.25) is 4.57 Å². The van der Waals surface area contributed by atoms with Crippen molar-refractivity contribution in [2.24, 2.45) is 13.0 Å². The number of fused-ring (bicyclic) bond motifs is 2. The Kier molecular flexibility index (Phi) is 3.77. The molecule has 9 heteroatoms. The minimum atomic E-state index is -2.53. The monoisotopic (exact) mass is 399 g/mol. The lowest BCUT2D eigenvalue weighted by Gasteiger charge is -2.35. The highest BCUT2D eigenvalue weighted by Crippen LogP contribution is 2.43. The molecular formula is C20H19F2N5O2. The Morgan fingerprint density at radius 1 is 1.28 bits per heavy atom. The first-order chi connectivity index (χ1) is 13.8. The van der Waals surface area contributed by atoms with Gasteiger partial charge in [-0.05, 0) is 25.0 Å². The van der Waals surface area contributed by atoms with E-state index in [0.29, 0.717) is 23.5 Å². The fraction of sp³-hybridized carbons (Fsp3) is 0.350. The maximum Gasteiger partial charge on any atom is 0.419 e. The first-order valence-electron chi connectivity index (χ1n) is 9.36. The Morgan fingerprint density at radius 2 is 2.07 bits per heavy atom. The van der Waals surface area contributed by atoms with Crippen molar-refractivity contribution in [2.45, 2.75) is 32.2 Å². The van der Waals surface area contributed by atoms with Crippen LogP contribution in [0.5, 0.6) is 0 Å². The van der Waals surface area contributed by atoms with Crippen LogP contribution < -0.4 is 11.1 Å². The molecule has 0 unspecified atom stereocenters. The number of aryl methyl sites for hydroxylation is 2. The summed E-state index contributed by atoms with van der Waals surface area (Å²) < 4.78 is 34.9. The SMILES string of the molecule is Cc1nc(Nc2ccc3c(c2)oc(=O)n3C)cc2c1ncn2CC1CC(F)(F)C1. The molecule has 150 valence electrons. The standard InChI is InChI=1S/C20H19F2N5O2/c1-11-18-15(27(10-23-18)9-12-7-20(21,22)8-12)6-17(24-11)25-13-3-4-14-16(5-13)29-19(28)26(14)2/h3-6,10,12H,7-9H2,1-2H3,(H,24,25). The molecule has 0 amide bonds. The fourth-order valence-corrected chi connectivity index (χ4v) is 3.98. The molecule has 5 rings (SSSR count). The maximum absolute atomic E-state index is 13.2. The van der Waals surface area contributed by atoms with Gasteiger partial charge in [0, 0.05) is 44.3 Å². The number of hydrogen-bond donors (Lipinski definition) is 1. The first-order valence-corrected chi connectivity index (χ1v) is 9.36. The maximum atomic E-state index is 13.2. The Morgan fingerprint density at radius 3 is 2.83 bits per heavy atom. The van der Waals surface area contributed by atoms with Crippen LogP contribution in [0.15, 0.2) is 39.8 Å². The summed E-state index contributed by atoms with van der Waals surface area (Å²) in [6.07, 6.45) is 1.53. The van der Waals surface area contributed by atoms with Crippen molar-refractivity contribution in [2.75, 3.05) is 5.32 Å². The highest BCUT2D eigenvalue weighted by molar-refractivity contribution is 5.83. The molecule has 1 saturated carbocycles. The number of imidazole rings is 1. The number of benzene rings is 1. The third kappa shape index (κ3) is 3.06. The van der Waals surface area contributed by atoms with E-state index in [4.69, 9.17) is 4.42 Å².